The van der Waals surface area contributed by atoms with Crippen molar-refractivity contribution < 1.29 is 4.74 Å². The highest BCUT2D eigenvalue weighted by Gasteiger charge is 1.96. The lowest BCUT2D eigenvalue weighted by molar-refractivity contribution is 0.0743. The van der Waals surface area contributed by atoms with E-state index < -0.39 is 0 Å². The Morgan fingerprint density at radius 3 is 3.00 bits per heavy atom. The molecule has 58 valence electrons. The Balaban J connectivity index is 3.11. The van der Waals surface area contributed by atoms with Crippen LogP contribution in [-0.2, 0) is 4.74 Å². The predicted octanol–water partition coefficient (Wildman–Crippen LogP) is 1.73. The summed E-state index contributed by atoms with van der Waals surface area (Å²) in [7, 11) is 0. The quantitative estimate of drug-likeness (QED) is 0.322. The van der Waals surface area contributed by atoms with E-state index in [2.05, 4.69) is 11.8 Å². The number of nitroso groups, excluding NO2 is 1. The van der Waals surface area contributed by atoms with E-state index in [0.717, 1.165) is 6.42 Å². The maximum Gasteiger partial charge on any atom is 0.104 e. The van der Waals surface area contributed by atoms with E-state index in [9.17, 15) is 4.91 Å². The number of hydrogen-bond acceptors (Lipinski definition) is 3. The molecule has 0 aromatic rings. The van der Waals surface area contributed by atoms with Crippen LogP contribution in [0.3, 0.4) is 0 Å². The molecule has 0 rings (SSSR count). The fourth-order valence-corrected chi connectivity index (χ4v) is 0.594. The highest BCUT2D eigenvalue weighted by Crippen LogP contribution is 1.96. The second kappa shape index (κ2) is 6.42. The lowest BCUT2D eigenvalue weighted by Crippen LogP contribution is -2.09. The summed E-state index contributed by atoms with van der Waals surface area (Å²) < 4.78 is 5.16. The maximum absolute atomic E-state index is 9.59. The average molecular weight is 143 g/mol. The molecule has 1 unspecified atom stereocenters. The van der Waals surface area contributed by atoms with Gasteiger partial charge >= 0.3 is 0 Å². The Bertz CT molecular complexity index is 104. The van der Waals surface area contributed by atoms with Gasteiger partial charge in [0.2, 0.25) is 0 Å². The van der Waals surface area contributed by atoms with Gasteiger partial charge in [0.15, 0.2) is 0 Å². The predicted molar refractivity (Wildman–Crippen MR) is 40.9 cm³/mol. The summed E-state index contributed by atoms with van der Waals surface area (Å²) in [6, 6.07) is 0. The third kappa shape index (κ3) is 5.44. The summed E-state index contributed by atoms with van der Waals surface area (Å²) in [6.07, 6.45) is 2.76. The minimum absolute atomic E-state index is 0.152. The Labute approximate surface area is 61.0 Å². The Hall–Kier alpha value is -0.700. The molecule has 3 heteroatoms. The summed E-state index contributed by atoms with van der Waals surface area (Å²) in [5.41, 5.74) is 0. The molecule has 0 aromatic carbocycles. The largest absolute Gasteiger partial charge is 0.376 e. The first-order valence-corrected chi connectivity index (χ1v) is 3.33. The van der Waals surface area contributed by atoms with Gasteiger partial charge in [-0.05, 0) is 13.3 Å². The van der Waals surface area contributed by atoms with Gasteiger partial charge in [-0.2, -0.15) is 4.91 Å². The van der Waals surface area contributed by atoms with E-state index in [1.165, 1.54) is 0 Å². The van der Waals surface area contributed by atoms with Gasteiger partial charge in [0.25, 0.3) is 0 Å². The molecule has 0 amide bonds. The standard InChI is InChI=1S/C7H13NO2/c1-3-4-7(2)10-6-5-8-9/h3,7H,1,4-6H2,2H3. The van der Waals surface area contributed by atoms with Gasteiger partial charge in [0.05, 0.1) is 12.7 Å². The van der Waals surface area contributed by atoms with Crippen LogP contribution in [0.2, 0.25) is 0 Å². The van der Waals surface area contributed by atoms with Gasteiger partial charge < -0.3 is 4.74 Å². The average Bonchev–Trinajstić information content (AvgIpc) is 1.89. The molecule has 0 fully saturated rings. The van der Waals surface area contributed by atoms with Gasteiger partial charge in [-0.25, -0.2) is 0 Å². The van der Waals surface area contributed by atoms with E-state index in [4.69, 9.17) is 4.74 Å². The van der Waals surface area contributed by atoms with Crippen molar-refractivity contribution in [1.29, 1.82) is 0 Å². The lowest BCUT2D eigenvalue weighted by Gasteiger charge is -2.07. The summed E-state index contributed by atoms with van der Waals surface area (Å²) in [6.45, 7) is 6.15. The SMILES string of the molecule is C=CCC(C)OCCN=O. The van der Waals surface area contributed by atoms with Gasteiger partial charge in [-0.1, -0.05) is 11.3 Å². The van der Waals surface area contributed by atoms with Crippen LogP contribution in [0.15, 0.2) is 17.8 Å². The third-order valence-corrected chi connectivity index (χ3v) is 1.08. The summed E-state index contributed by atoms with van der Waals surface area (Å²) in [4.78, 5) is 9.59. The molecule has 0 spiro atoms. The molecule has 0 heterocycles. The number of hydrogen-bond donors (Lipinski definition) is 0. The minimum Gasteiger partial charge on any atom is -0.376 e. The van der Waals surface area contributed by atoms with Crippen molar-refractivity contribution >= 4 is 0 Å². The van der Waals surface area contributed by atoms with Crippen molar-refractivity contribution in [2.24, 2.45) is 5.18 Å². The zero-order chi connectivity index (χ0) is 7.82. The molecule has 10 heavy (non-hydrogen) atoms. The van der Waals surface area contributed by atoms with E-state index in [1.54, 1.807) is 6.08 Å². The van der Waals surface area contributed by atoms with Crippen LogP contribution in [-0.4, -0.2) is 19.3 Å². The third-order valence-electron chi connectivity index (χ3n) is 1.08. The Morgan fingerprint density at radius 1 is 1.80 bits per heavy atom. The highest BCUT2D eigenvalue weighted by molar-refractivity contribution is 4.70. The first kappa shape index (κ1) is 9.30. The van der Waals surface area contributed by atoms with Crippen molar-refractivity contribution in [2.45, 2.75) is 19.4 Å². The maximum atomic E-state index is 9.59. The van der Waals surface area contributed by atoms with Crippen LogP contribution in [0.1, 0.15) is 13.3 Å². The first-order valence-electron chi connectivity index (χ1n) is 3.33. The second-order valence-electron chi connectivity index (χ2n) is 2.06. The molecular weight excluding hydrogens is 130 g/mol. The van der Waals surface area contributed by atoms with E-state index in [0.29, 0.717) is 6.61 Å². The summed E-state index contributed by atoms with van der Waals surface area (Å²) in [5.74, 6) is 0. The molecule has 0 N–H and O–H groups in total. The Morgan fingerprint density at radius 2 is 2.50 bits per heavy atom. The van der Waals surface area contributed by atoms with Crippen molar-refractivity contribution in [3.05, 3.63) is 17.6 Å². The van der Waals surface area contributed by atoms with Gasteiger partial charge in [0.1, 0.15) is 6.54 Å². The normalized spacial score (nSPS) is 12.5. The van der Waals surface area contributed by atoms with Gasteiger partial charge in [-0.15, -0.1) is 6.58 Å². The number of nitrogens with zero attached hydrogens (tertiary/aromatic N) is 1. The molecule has 0 aliphatic carbocycles. The number of rotatable bonds is 6. The molecular formula is C7H13NO2. The minimum atomic E-state index is 0.152. The van der Waals surface area contributed by atoms with Gasteiger partial charge in [0, 0.05) is 0 Å². The molecule has 0 aromatic heterocycles. The van der Waals surface area contributed by atoms with Crippen LogP contribution in [0, 0.1) is 4.91 Å². The zero-order valence-corrected chi connectivity index (χ0v) is 6.25. The van der Waals surface area contributed by atoms with Crippen molar-refractivity contribution in [2.75, 3.05) is 13.2 Å². The monoisotopic (exact) mass is 143 g/mol. The fraction of sp³-hybridized carbons (Fsp3) is 0.714. The molecule has 0 bridgehead atoms. The lowest BCUT2D eigenvalue weighted by atomic mass is 10.3. The molecule has 3 nitrogen and oxygen atoms in total. The van der Waals surface area contributed by atoms with Crippen LogP contribution in [0.25, 0.3) is 0 Å². The summed E-state index contributed by atoms with van der Waals surface area (Å²) >= 11 is 0. The second-order valence-corrected chi connectivity index (χ2v) is 2.06. The molecule has 1 atom stereocenters. The van der Waals surface area contributed by atoms with E-state index in [1.807, 2.05) is 6.92 Å². The van der Waals surface area contributed by atoms with Crippen LogP contribution in [0.5, 0.6) is 0 Å². The molecule has 0 radical (unpaired) electrons. The van der Waals surface area contributed by atoms with Crippen molar-refractivity contribution in [3.63, 3.8) is 0 Å². The van der Waals surface area contributed by atoms with Gasteiger partial charge in [-0.3, -0.25) is 0 Å². The smallest absolute Gasteiger partial charge is 0.104 e. The van der Waals surface area contributed by atoms with Crippen LogP contribution in [0.4, 0.5) is 0 Å². The number of ether oxygens (including phenoxy) is 1. The zero-order valence-electron chi connectivity index (χ0n) is 6.25. The molecule has 0 saturated carbocycles. The van der Waals surface area contributed by atoms with Crippen molar-refractivity contribution in [1.82, 2.24) is 0 Å². The molecule has 0 saturated heterocycles. The molecule has 0 aliphatic rings. The fourth-order valence-electron chi connectivity index (χ4n) is 0.594. The van der Waals surface area contributed by atoms with E-state index in [-0.39, 0.29) is 12.6 Å². The highest BCUT2D eigenvalue weighted by atomic mass is 16.5. The Kier molecular flexibility index (Phi) is 5.97. The topological polar surface area (TPSA) is 38.7 Å². The van der Waals surface area contributed by atoms with Crippen molar-refractivity contribution in [3.8, 4) is 0 Å². The molecule has 0 aliphatic heterocycles. The van der Waals surface area contributed by atoms with Crippen LogP contribution < -0.4 is 0 Å². The first-order chi connectivity index (χ1) is 4.81. The van der Waals surface area contributed by atoms with Crippen LogP contribution >= 0.6 is 0 Å². The summed E-state index contributed by atoms with van der Waals surface area (Å²) in [5, 5.41) is 2.67. The van der Waals surface area contributed by atoms with E-state index >= 15 is 0 Å².